The maximum Gasteiger partial charge on any atom is 0.355 e. The standard InChI is InChI=1S/C32H29B2ClF2N6O2/c1-16(2)26-28(17(3)9-10-38-26)43-30-21(14-22(35)27(39-30)25-20(13-24(33)34)7-6-8-23(25)37)29(40-32(43)45)42-12-11-41(15-18(42)4)31(44)19(5)36/h6-10,13-14,16,18H,5,11-12,15H2,1-4H3/t18-/m0/s1. The molecule has 1 amide bonds. The van der Waals surface area contributed by atoms with Gasteiger partial charge in [0.25, 0.3) is 5.91 Å². The first-order valence-corrected chi connectivity index (χ1v) is 14.7. The van der Waals surface area contributed by atoms with Crippen LogP contribution in [0.1, 0.15) is 43.5 Å². The molecule has 4 heterocycles. The Kier molecular flexibility index (Phi) is 8.98. The van der Waals surface area contributed by atoms with Gasteiger partial charge in [0.05, 0.1) is 43.2 Å². The van der Waals surface area contributed by atoms with Crippen molar-refractivity contribution in [3.63, 3.8) is 0 Å². The number of aryl methyl sites for hydroxylation is 1. The lowest BCUT2D eigenvalue weighted by Crippen LogP contribution is -2.54. The van der Waals surface area contributed by atoms with E-state index in [2.05, 4.69) is 16.5 Å². The van der Waals surface area contributed by atoms with E-state index in [0.29, 0.717) is 22.3 Å². The predicted molar refractivity (Wildman–Crippen MR) is 175 cm³/mol. The molecule has 0 unspecified atom stereocenters. The average Bonchev–Trinajstić information content (AvgIpc) is 2.97. The van der Waals surface area contributed by atoms with Crippen LogP contribution in [0.15, 0.2) is 59.1 Å². The van der Waals surface area contributed by atoms with Crippen molar-refractivity contribution in [3.05, 3.63) is 92.5 Å². The first-order chi connectivity index (χ1) is 21.3. The SMILES string of the molecule is [B]C([B])=Cc1cccc(F)c1-c1nc2c(cc1Cl)c(N1CCN(C(=O)C(=C)F)C[C@@H]1C)nc(=O)n2-c1c(C)ccnc1C(C)C. The molecule has 226 valence electrons. The van der Waals surface area contributed by atoms with Gasteiger partial charge in [-0.1, -0.05) is 50.2 Å². The van der Waals surface area contributed by atoms with Crippen LogP contribution in [0.4, 0.5) is 14.6 Å². The van der Waals surface area contributed by atoms with Gasteiger partial charge in [-0.2, -0.15) is 10.4 Å². The van der Waals surface area contributed by atoms with E-state index in [4.69, 9.17) is 32.3 Å². The van der Waals surface area contributed by atoms with Gasteiger partial charge in [0.1, 0.15) is 11.6 Å². The summed E-state index contributed by atoms with van der Waals surface area (Å²) < 4.78 is 30.5. The number of pyridine rings is 2. The van der Waals surface area contributed by atoms with E-state index in [1.807, 2.05) is 32.6 Å². The second kappa shape index (κ2) is 12.6. The summed E-state index contributed by atoms with van der Waals surface area (Å²) in [5.41, 5.74) is 1.89. The number of halogens is 3. The van der Waals surface area contributed by atoms with Gasteiger partial charge in [-0.3, -0.25) is 9.78 Å². The van der Waals surface area contributed by atoms with Crippen molar-refractivity contribution in [1.82, 2.24) is 24.4 Å². The highest BCUT2D eigenvalue weighted by Gasteiger charge is 2.32. The van der Waals surface area contributed by atoms with Crippen molar-refractivity contribution in [1.29, 1.82) is 0 Å². The molecule has 45 heavy (non-hydrogen) atoms. The summed E-state index contributed by atoms with van der Waals surface area (Å²) in [5.74, 6) is -2.24. The molecule has 1 saturated heterocycles. The summed E-state index contributed by atoms with van der Waals surface area (Å²) >= 11 is 6.85. The Hall–Kier alpha value is -4.31. The van der Waals surface area contributed by atoms with E-state index in [1.165, 1.54) is 27.7 Å². The van der Waals surface area contributed by atoms with Gasteiger partial charge in [0, 0.05) is 37.4 Å². The maximum absolute atomic E-state index is 15.5. The third-order valence-corrected chi connectivity index (χ3v) is 8.04. The third kappa shape index (κ3) is 6.03. The number of aromatic nitrogens is 4. The zero-order chi connectivity index (χ0) is 32.7. The molecule has 4 radical (unpaired) electrons. The van der Waals surface area contributed by atoms with Crippen LogP contribution >= 0.6 is 11.6 Å². The molecule has 1 aliphatic rings. The highest BCUT2D eigenvalue weighted by Crippen LogP contribution is 2.38. The highest BCUT2D eigenvalue weighted by molar-refractivity contribution is 6.50. The number of hydrogen-bond donors (Lipinski definition) is 0. The Morgan fingerprint density at radius 2 is 1.93 bits per heavy atom. The summed E-state index contributed by atoms with van der Waals surface area (Å²) in [6.45, 7) is 11.3. The largest absolute Gasteiger partial charge is 0.355 e. The van der Waals surface area contributed by atoms with Crippen molar-refractivity contribution < 1.29 is 13.6 Å². The van der Waals surface area contributed by atoms with Crippen molar-refractivity contribution in [3.8, 4) is 16.9 Å². The minimum Gasteiger partial charge on any atom is -0.350 e. The number of piperazine rings is 1. The van der Waals surface area contributed by atoms with Crippen molar-refractivity contribution in [2.45, 2.75) is 39.7 Å². The van der Waals surface area contributed by atoms with E-state index >= 15 is 4.39 Å². The molecule has 0 spiro atoms. The Bertz CT molecular complexity index is 1940. The summed E-state index contributed by atoms with van der Waals surface area (Å²) in [5, 5.41) is 0.459. The number of amides is 1. The smallest absolute Gasteiger partial charge is 0.350 e. The van der Waals surface area contributed by atoms with Crippen molar-refractivity contribution >= 4 is 56.1 Å². The summed E-state index contributed by atoms with van der Waals surface area (Å²) in [6, 6.07) is 7.42. The lowest BCUT2D eigenvalue weighted by atomic mass is 9.77. The zero-order valence-corrected chi connectivity index (χ0v) is 26.1. The lowest BCUT2D eigenvalue weighted by Gasteiger charge is -2.40. The number of hydrogen-bond acceptors (Lipinski definition) is 6. The van der Waals surface area contributed by atoms with Crippen LogP contribution in [0.5, 0.6) is 0 Å². The average molecular weight is 625 g/mol. The fraction of sp³-hybridized carbons (Fsp3) is 0.281. The molecule has 8 nitrogen and oxygen atoms in total. The number of rotatable bonds is 6. The maximum atomic E-state index is 15.5. The second-order valence-electron chi connectivity index (χ2n) is 11.3. The van der Waals surface area contributed by atoms with Gasteiger partial charge in [-0.25, -0.2) is 23.1 Å². The van der Waals surface area contributed by atoms with E-state index in [9.17, 15) is 14.0 Å². The van der Waals surface area contributed by atoms with E-state index in [1.54, 1.807) is 24.4 Å². The third-order valence-electron chi connectivity index (χ3n) is 7.75. The van der Waals surface area contributed by atoms with Crippen LogP contribution in [0.2, 0.25) is 5.02 Å². The van der Waals surface area contributed by atoms with Gasteiger partial charge >= 0.3 is 5.69 Å². The number of fused-ring (bicyclic) bond motifs is 1. The van der Waals surface area contributed by atoms with Crippen molar-refractivity contribution in [2.75, 3.05) is 24.5 Å². The summed E-state index contributed by atoms with van der Waals surface area (Å²) in [7, 11) is 11.5. The van der Waals surface area contributed by atoms with E-state index < -0.39 is 23.2 Å². The second-order valence-corrected chi connectivity index (χ2v) is 11.7. The fourth-order valence-electron chi connectivity index (χ4n) is 5.71. The van der Waals surface area contributed by atoms with Crippen LogP contribution in [-0.4, -0.2) is 71.7 Å². The molecule has 1 aromatic carbocycles. The summed E-state index contributed by atoms with van der Waals surface area (Å²) in [6.07, 6.45) is 3.07. The Balaban J connectivity index is 1.83. The molecule has 1 aliphatic heterocycles. The Morgan fingerprint density at radius 1 is 1.20 bits per heavy atom. The Morgan fingerprint density at radius 3 is 2.58 bits per heavy atom. The molecule has 0 N–H and O–H groups in total. The number of anilines is 1. The molecule has 0 saturated carbocycles. The van der Waals surface area contributed by atoms with Gasteiger partial charge in [-0.05, 0) is 49.1 Å². The molecule has 0 bridgehead atoms. The van der Waals surface area contributed by atoms with Crippen molar-refractivity contribution in [2.24, 2.45) is 0 Å². The number of carbonyl (C=O) groups is 1. The van der Waals surface area contributed by atoms with Crippen LogP contribution in [0.3, 0.4) is 0 Å². The number of nitrogens with zero attached hydrogens (tertiary/aromatic N) is 6. The van der Waals surface area contributed by atoms with Gasteiger partial charge in [0.2, 0.25) is 0 Å². The first kappa shape index (κ1) is 32.1. The summed E-state index contributed by atoms with van der Waals surface area (Å²) in [4.78, 5) is 43.5. The van der Waals surface area contributed by atoms with Crippen LogP contribution in [0, 0.1) is 12.7 Å². The number of carbonyl (C=O) groups excluding carboxylic acids is 1. The monoisotopic (exact) mass is 624 g/mol. The molecule has 5 rings (SSSR count). The van der Waals surface area contributed by atoms with Crippen LogP contribution < -0.4 is 10.6 Å². The molecule has 3 aromatic heterocycles. The highest BCUT2D eigenvalue weighted by atomic mass is 35.5. The molecule has 1 atom stereocenters. The van der Waals surface area contributed by atoms with Crippen LogP contribution in [-0.2, 0) is 4.79 Å². The van der Waals surface area contributed by atoms with Gasteiger partial charge < -0.3 is 9.80 Å². The number of benzene rings is 1. The normalized spacial score (nSPS) is 15.1. The lowest BCUT2D eigenvalue weighted by molar-refractivity contribution is -0.129. The molecule has 4 aromatic rings. The molecular weight excluding hydrogens is 595 g/mol. The van der Waals surface area contributed by atoms with Crippen LogP contribution in [0.25, 0.3) is 34.1 Å². The topological polar surface area (TPSA) is 84.2 Å². The fourth-order valence-corrected chi connectivity index (χ4v) is 5.95. The molecule has 13 heteroatoms. The Labute approximate surface area is 267 Å². The minimum absolute atomic E-state index is 0.0438. The zero-order valence-electron chi connectivity index (χ0n) is 25.3. The van der Waals surface area contributed by atoms with E-state index in [-0.39, 0.29) is 64.7 Å². The quantitative estimate of drug-likeness (QED) is 0.216. The predicted octanol–water partition coefficient (Wildman–Crippen LogP) is 5.22. The van der Waals surface area contributed by atoms with Gasteiger partial charge in [0.15, 0.2) is 11.5 Å². The minimum atomic E-state index is -1.04. The molecular formula is C32H29B2ClF2N6O2. The van der Waals surface area contributed by atoms with E-state index in [0.717, 1.165) is 5.56 Å². The molecule has 1 fully saturated rings. The molecule has 0 aliphatic carbocycles. The first-order valence-electron chi connectivity index (χ1n) is 14.3. The van der Waals surface area contributed by atoms with Gasteiger partial charge in [-0.15, -0.1) is 0 Å².